The van der Waals surface area contributed by atoms with Crippen LogP contribution in [0.5, 0.6) is 0 Å². The van der Waals surface area contributed by atoms with Crippen LogP contribution in [-0.2, 0) is 16.6 Å². The van der Waals surface area contributed by atoms with Gasteiger partial charge in [-0.2, -0.15) is 0 Å². The van der Waals surface area contributed by atoms with Crippen molar-refractivity contribution in [3.63, 3.8) is 0 Å². The molecule has 0 aliphatic carbocycles. The number of amides is 1. The number of hydrogen-bond acceptors (Lipinski definition) is 1. The summed E-state index contributed by atoms with van der Waals surface area (Å²) in [5.41, 5.74) is 2.88. The summed E-state index contributed by atoms with van der Waals surface area (Å²) in [4.78, 5) is 13.1. The molecule has 0 radical (unpaired) electrons. The topological polar surface area (TPSA) is 20.3 Å². The third-order valence-electron chi connectivity index (χ3n) is 3.17. The Balaban J connectivity index is 2.47. The lowest BCUT2D eigenvalue weighted by molar-refractivity contribution is -0.128. The number of aryl methyl sites for hydroxylation is 1. The molecular formula is C16H25NO. The quantitative estimate of drug-likeness (QED) is 0.798. The zero-order chi connectivity index (χ0) is 13.8. The molecule has 1 rings (SSSR count). The second kappa shape index (κ2) is 6.03. The molecule has 1 aromatic carbocycles. The Labute approximate surface area is 111 Å². The lowest BCUT2D eigenvalue weighted by Crippen LogP contribution is -2.21. The third kappa shape index (κ3) is 4.52. The van der Waals surface area contributed by atoms with Crippen LogP contribution in [0.25, 0.3) is 0 Å². The minimum Gasteiger partial charge on any atom is -0.349 e. The van der Waals surface area contributed by atoms with Gasteiger partial charge in [-0.25, -0.2) is 0 Å². The summed E-state index contributed by atoms with van der Waals surface area (Å²) in [6, 6.07) is 8.76. The van der Waals surface area contributed by atoms with Crippen LogP contribution in [0.3, 0.4) is 0 Å². The van der Waals surface area contributed by atoms with Crippen LogP contribution >= 0.6 is 0 Å². The Hall–Kier alpha value is -1.31. The van der Waals surface area contributed by atoms with Gasteiger partial charge in [0.25, 0.3) is 0 Å². The third-order valence-corrected chi connectivity index (χ3v) is 3.17. The van der Waals surface area contributed by atoms with Gasteiger partial charge in [0.2, 0.25) is 5.91 Å². The van der Waals surface area contributed by atoms with Gasteiger partial charge in [-0.1, -0.05) is 45.0 Å². The molecule has 0 saturated carbocycles. The van der Waals surface area contributed by atoms with Gasteiger partial charge in [-0.3, -0.25) is 4.79 Å². The first-order chi connectivity index (χ1) is 8.30. The Morgan fingerprint density at radius 2 is 1.67 bits per heavy atom. The van der Waals surface area contributed by atoms with Crippen LogP contribution in [0.2, 0.25) is 0 Å². The normalized spacial score (nSPS) is 11.4. The van der Waals surface area contributed by atoms with E-state index in [-0.39, 0.29) is 11.3 Å². The highest BCUT2D eigenvalue weighted by atomic mass is 16.2. The first-order valence-corrected chi connectivity index (χ1v) is 6.60. The summed E-state index contributed by atoms with van der Waals surface area (Å²) in [5, 5.41) is 0. The van der Waals surface area contributed by atoms with Gasteiger partial charge >= 0.3 is 0 Å². The first kappa shape index (κ1) is 14.7. The van der Waals surface area contributed by atoms with Crippen molar-refractivity contribution in [2.24, 2.45) is 0 Å². The van der Waals surface area contributed by atoms with Crippen molar-refractivity contribution < 1.29 is 4.79 Å². The van der Waals surface area contributed by atoms with Crippen molar-refractivity contribution in [1.82, 2.24) is 4.90 Å². The van der Waals surface area contributed by atoms with Crippen molar-refractivity contribution in [2.45, 2.75) is 45.4 Å². The first-order valence-electron chi connectivity index (χ1n) is 6.60. The molecule has 0 spiro atoms. The molecule has 0 heterocycles. The average molecular weight is 247 g/mol. The van der Waals surface area contributed by atoms with Crippen molar-refractivity contribution in [3.05, 3.63) is 35.4 Å². The average Bonchev–Trinajstić information content (AvgIpc) is 2.28. The van der Waals surface area contributed by atoms with Crippen LogP contribution in [0.15, 0.2) is 24.3 Å². The van der Waals surface area contributed by atoms with E-state index in [2.05, 4.69) is 45.0 Å². The van der Waals surface area contributed by atoms with E-state index in [0.717, 1.165) is 12.8 Å². The highest BCUT2D eigenvalue weighted by Gasteiger charge is 2.12. The molecule has 0 saturated heterocycles. The van der Waals surface area contributed by atoms with Crippen LogP contribution in [0.1, 0.15) is 44.7 Å². The van der Waals surface area contributed by atoms with Crippen molar-refractivity contribution in [2.75, 3.05) is 14.1 Å². The van der Waals surface area contributed by atoms with E-state index >= 15 is 0 Å². The molecule has 100 valence electrons. The van der Waals surface area contributed by atoms with Crippen molar-refractivity contribution in [1.29, 1.82) is 0 Å². The van der Waals surface area contributed by atoms with E-state index in [9.17, 15) is 4.79 Å². The molecule has 0 aliphatic rings. The molecule has 0 unspecified atom stereocenters. The molecule has 1 amide bonds. The Morgan fingerprint density at radius 3 is 2.11 bits per heavy atom. The summed E-state index contributed by atoms with van der Waals surface area (Å²) < 4.78 is 0. The molecular weight excluding hydrogens is 222 g/mol. The molecule has 0 bridgehead atoms. The van der Waals surface area contributed by atoms with Gasteiger partial charge in [0.15, 0.2) is 0 Å². The molecule has 0 aromatic heterocycles. The number of benzene rings is 1. The molecule has 0 aliphatic heterocycles. The van der Waals surface area contributed by atoms with E-state index < -0.39 is 0 Å². The van der Waals surface area contributed by atoms with Gasteiger partial charge < -0.3 is 4.90 Å². The summed E-state index contributed by atoms with van der Waals surface area (Å²) >= 11 is 0. The van der Waals surface area contributed by atoms with Crippen LogP contribution in [-0.4, -0.2) is 24.9 Å². The standard InChI is InChI=1S/C16H25NO/c1-16(2,3)14-11-9-13(10-12-14)7-6-8-15(18)17(4)5/h9-12H,6-8H2,1-5H3. The van der Waals surface area contributed by atoms with Crippen LogP contribution in [0.4, 0.5) is 0 Å². The molecule has 18 heavy (non-hydrogen) atoms. The Morgan fingerprint density at radius 1 is 1.11 bits per heavy atom. The number of carbonyl (C=O) groups excluding carboxylic acids is 1. The van der Waals surface area contributed by atoms with E-state index in [1.807, 2.05) is 0 Å². The number of hydrogen-bond donors (Lipinski definition) is 0. The Kier molecular flexibility index (Phi) is 4.94. The van der Waals surface area contributed by atoms with Gasteiger partial charge in [0, 0.05) is 20.5 Å². The summed E-state index contributed by atoms with van der Waals surface area (Å²) in [6.07, 6.45) is 2.53. The molecule has 1 aromatic rings. The fourth-order valence-electron chi connectivity index (χ4n) is 1.84. The number of nitrogens with zero attached hydrogens (tertiary/aromatic N) is 1. The molecule has 2 heteroatoms. The van der Waals surface area contributed by atoms with E-state index in [1.54, 1.807) is 19.0 Å². The van der Waals surface area contributed by atoms with Crippen LogP contribution in [0, 0.1) is 0 Å². The molecule has 0 N–H and O–H groups in total. The Bertz CT molecular complexity index is 385. The van der Waals surface area contributed by atoms with Gasteiger partial charge in [-0.15, -0.1) is 0 Å². The second-order valence-electron chi connectivity index (χ2n) is 6.09. The number of rotatable bonds is 4. The lowest BCUT2D eigenvalue weighted by atomic mass is 9.86. The SMILES string of the molecule is CN(C)C(=O)CCCc1ccc(C(C)(C)C)cc1. The van der Waals surface area contributed by atoms with E-state index in [1.165, 1.54) is 11.1 Å². The van der Waals surface area contributed by atoms with Crippen molar-refractivity contribution in [3.8, 4) is 0 Å². The van der Waals surface area contributed by atoms with Gasteiger partial charge in [-0.05, 0) is 29.4 Å². The lowest BCUT2D eigenvalue weighted by Gasteiger charge is -2.19. The minimum atomic E-state index is 0.208. The smallest absolute Gasteiger partial charge is 0.222 e. The zero-order valence-electron chi connectivity index (χ0n) is 12.3. The fraction of sp³-hybridized carbons (Fsp3) is 0.562. The molecule has 0 atom stereocenters. The van der Waals surface area contributed by atoms with E-state index in [4.69, 9.17) is 0 Å². The zero-order valence-corrected chi connectivity index (χ0v) is 12.3. The predicted molar refractivity (Wildman–Crippen MR) is 76.8 cm³/mol. The van der Waals surface area contributed by atoms with Crippen LogP contribution < -0.4 is 0 Å². The fourth-order valence-corrected chi connectivity index (χ4v) is 1.84. The minimum absolute atomic E-state index is 0.208. The van der Waals surface area contributed by atoms with Gasteiger partial charge in [0.1, 0.15) is 0 Å². The highest BCUT2D eigenvalue weighted by molar-refractivity contribution is 5.75. The summed E-state index contributed by atoms with van der Waals surface area (Å²) in [6.45, 7) is 6.66. The monoisotopic (exact) mass is 247 g/mol. The maximum absolute atomic E-state index is 11.4. The summed E-state index contributed by atoms with van der Waals surface area (Å²) in [7, 11) is 3.61. The molecule has 2 nitrogen and oxygen atoms in total. The highest BCUT2D eigenvalue weighted by Crippen LogP contribution is 2.22. The predicted octanol–water partition coefficient (Wildman–Crippen LogP) is 3.40. The number of carbonyl (C=O) groups is 1. The second-order valence-corrected chi connectivity index (χ2v) is 6.09. The largest absolute Gasteiger partial charge is 0.349 e. The summed E-state index contributed by atoms with van der Waals surface area (Å²) in [5.74, 6) is 0.210. The van der Waals surface area contributed by atoms with Crippen molar-refractivity contribution >= 4 is 5.91 Å². The maximum Gasteiger partial charge on any atom is 0.222 e. The van der Waals surface area contributed by atoms with E-state index in [0.29, 0.717) is 6.42 Å². The maximum atomic E-state index is 11.4. The molecule has 0 fully saturated rings. The van der Waals surface area contributed by atoms with Gasteiger partial charge in [0.05, 0.1) is 0 Å².